The molecule has 6 nitrogen and oxygen atoms in total. The molecule has 1 saturated heterocycles. The number of likely N-dealkylation sites (tertiary alicyclic amines) is 1. The van der Waals surface area contributed by atoms with Crippen molar-refractivity contribution in [2.45, 2.75) is 32.2 Å². The summed E-state index contributed by atoms with van der Waals surface area (Å²) in [4.78, 5) is 18.5. The Bertz CT molecular complexity index is 626. The van der Waals surface area contributed by atoms with Crippen LogP contribution in [0, 0.1) is 0 Å². The van der Waals surface area contributed by atoms with Crippen molar-refractivity contribution in [1.29, 1.82) is 0 Å². The zero-order valence-electron chi connectivity index (χ0n) is 12.7. The van der Waals surface area contributed by atoms with Crippen LogP contribution in [0.4, 0.5) is 4.79 Å². The van der Waals surface area contributed by atoms with E-state index >= 15 is 0 Å². The van der Waals surface area contributed by atoms with Crippen LogP contribution < -0.4 is 5.32 Å². The van der Waals surface area contributed by atoms with Crippen molar-refractivity contribution in [2.75, 3.05) is 13.1 Å². The number of carbonyl (C=O) groups excluding carboxylic acids is 1. The molecule has 1 aromatic carbocycles. The van der Waals surface area contributed by atoms with E-state index < -0.39 is 0 Å². The van der Waals surface area contributed by atoms with Crippen molar-refractivity contribution < 1.29 is 9.32 Å². The number of aromatic nitrogens is 2. The fourth-order valence-corrected chi connectivity index (χ4v) is 2.76. The zero-order chi connectivity index (χ0) is 15.4. The van der Waals surface area contributed by atoms with Gasteiger partial charge in [-0.3, -0.25) is 0 Å². The van der Waals surface area contributed by atoms with E-state index in [1.54, 1.807) is 4.90 Å². The zero-order valence-corrected chi connectivity index (χ0v) is 12.7. The Balaban J connectivity index is 1.82. The Morgan fingerprint density at radius 3 is 2.95 bits per heavy atom. The molecule has 1 atom stereocenters. The molecule has 0 saturated carbocycles. The fourth-order valence-electron chi connectivity index (χ4n) is 2.76. The van der Waals surface area contributed by atoms with Gasteiger partial charge in [-0.15, -0.1) is 0 Å². The Morgan fingerprint density at radius 2 is 2.18 bits per heavy atom. The first kappa shape index (κ1) is 14.6. The third-order valence-corrected chi connectivity index (χ3v) is 3.85. The smallest absolute Gasteiger partial charge is 0.318 e. The average Bonchev–Trinajstić information content (AvgIpc) is 3.06. The second-order valence-electron chi connectivity index (χ2n) is 5.36. The van der Waals surface area contributed by atoms with E-state index in [1.165, 1.54) is 0 Å². The van der Waals surface area contributed by atoms with Gasteiger partial charge < -0.3 is 14.7 Å². The predicted molar refractivity (Wildman–Crippen MR) is 82.1 cm³/mol. The van der Waals surface area contributed by atoms with Gasteiger partial charge in [-0.05, 0) is 26.2 Å². The molecule has 2 amide bonds. The molecule has 116 valence electrons. The van der Waals surface area contributed by atoms with Crippen molar-refractivity contribution in [1.82, 2.24) is 20.4 Å². The maximum absolute atomic E-state index is 12.2. The predicted octanol–water partition coefficient (Wildman–Crippen LogP) is 2.99. The topological polar surface area (TPSA) is 71.3 Å². The summed E-state index contributed by atoms with van der Waals surface area (Å²) in [6, 6.07) is 9.51. The molecule has 0 aliphatic carbocycles. The number of carbonyl (C=O) groups is 1. The van der Waals surface area contributed by atoms with Gasteiger partial charge in [0.2, 0.25) is 11.7 Å². The lowest BCUT2D eigenvalue weighted by Gasteiger charge is -2.33. The minimum atomic E-state index is -0.134. The average molecular weight is 300 g/mol. The Kier molecular flexibility index (Phi) is 4.37. The van der Waals surface area contributed by atoms with Crippen LogP contribution in [-0.4, -0.2) is 34.2 Å². The molecule has 2 aromatic rings. The van der Waals surface area contributed by atoms with E-state index in [-0.39, 0.29) is 12.1 Å². The minimum absolute atomic E-state index is 0.0633. The summed E-state index contributed by atoms with van der Waals surface area (Å²) in [5.74, 6) is 1.09. The summed E-state index contributed by atoms with van der Waals surface area (Å²) >= 11 is 0. The molecule has 2 heterocycles. The summed E-state index contributed by atoms with van der Waals surface area (Å²) in [6.45, 7) is 3.25. The molecule has 1 aliphatic heterocycles. The van der Waals surface area contributed by atoms with Crippen LogP contribution in [0.25, 0.3) is 11.4 Å². The number of hydrogen-bond donors (Lipinski definition) is 1. The van der Waals surface area contributed by atoms with Gasteiger partial charge in [-0.25, -0.2) is 4.79 Å². The van der Waals surface area contributed by atoms with Crippen molar-refractivity contribution in [3.8, 4) is 11.4 Å². The van der Waals surface area contributed by atoms with E-state index in [4.69, 9.17) is 4.52 Å². The van der Waals surface area contributed by atoms with E-state index in [1.807, 2.05) is 37.3 Å². The minimum Gasteiger partial charge on any atom is -0.338 e. The monoisotopic (exact) mass is 300 g/mol. The number of rotatable bonds is 3. The van der Waals surface area contributed by atoms with Crippen LogP contribution in [0.3, 0.4) is 0 Å². The van der Waals surface area contributed by atoms with E-state index in [2.05, 4.69) is 15.5 Å². The lowest BCUT2D eigenvalue weighted by atomic mass is 10.0. The number of benzene rings is 1. The van der Waals surface area contributed by atoms with E-state index in [0.29, 0.717) is 18.3 Å². The number of urea groups is 1. The third-order valence-electron chi connectivity index (χ3n) is 3.85. The number of amides is 2. The van der Waals surface area contributed by atoms with Gasteiger partial charge in [-0.2, -0.15) is 4.98 Å². The molecule has 1 N–H and O–H groups in total. The fraction of sp³-hybridized carbons (Fsp3) is 0.438. The Hall–Kier alpha value is -2.37. The van der Waals surface area contributed by atoms with Gasteiger partial charge in [0.05, 0.1) is 0 Å². The molecule has 1 aliphatic rings. The first-order chi connectivity index (χ1) is 10.8. The second-order valence-corrected chi connectivity index (χ2v) is 5.36. The highest BCUT2D eigenvalue weighted by Crippen LogP contribution is 2.31. The Labute approximate surface area is 129 Å². The highest BCUT2D eigenvalue weighted by molar-refractivity contribution is 5.74. The largest absolute Gasteiger partial charge is 0.338 e. The molecule has 3 rings (SSSR count). The standard InChI is InChI=1S/C16H20N4O2/c1-2-17-16(21)20-11-7-6-10-13(20)15-18-14(19-22-15)12-8-4-3-5-9-12/h3-5,8-9,13H,2,6-7,10-11H2,1H3,(H,17,21)/t13-/m0/s1. The van der Waals surface area contributed by atoms with Crippen molar-refractivity contribution in [3.63, 3.8) is 0 Å². The lowest BCUT2D eigenvalue weighted by Crippen LogP contribution is -2.44. The molecular weight excluding hydrogens is 280 g/mol. The first-order valence-electron chi connectivity index (χ1n) is 7.73. The highest BCUT2D eigenvalue weighted by Gasteiger charge is 2.32. The normalized spacial score (nSPS) is 18.2. The number of hydrogen-bond acceptors (Lipinski definition) is 4. The van der Waals surface area contributed by atoms with Gasteiger partial charge in [0.25, 0.3) is 0 Å². The molecule has 0 radical (unpaired) electrons. The summed E-state index contributed by atoms with van der Waals surface area (Å²) < 4.78 is 5.43. The molecule has 22 heavy (non-hydrogen) atoms. The molecule has 1 aromatic heterocycles. The van der Waals surface area contributed by atoms with Gasteiger partial charge in [0.1, 0.15) is 6.04 Å². The number of piperidine rings is 1. The maximum atomic E-state index is 12.2. The van der Waals surface area contributed by atoms with Crippen LogP contribution >= 0.6 is 0 Å². The van der Waals surface area contributed by atoms with E-state index in [9.17, 15) is 4.79 Å². The van der Waals surface area contributed by atoms with Crippen LogP contribution in [0.2, 0.25) is 0 Å². The molecular formula is C16H20N4O2. The number of nitrogens with zero attached hydrogens (tertiary/aromatic N) is 3. The number of nitrogens with one attached hydrogen (secondary N) is 1. The summed E-state index contributed by atoms with van der Waals surface area (Å²) in [5.41, 5.74) is 0.915. The van der Waals surface area contributed by atoms with Crippen LogP contribution in [0.1, 0.15) is 38.1 Å². The van der Waals surface area contributed by atoms with Crippen molar-refractivity contribution in [2.24, 2.45) is 0 Å². The molecule has 0 unspecified atom stereocenters. The molecule has 1 fully saturated rings. The second kappa shape index (κ2) is 6.60. The van der Waals surface area contributed by atoms with Crippen LogP contribution in [0.5, 0.6) is 0 Å². The van der Waals surface area contributed by atoms with E-state index in [0.717, 1.165) is 31.4 Å². The van der Waals surface area contributed by atoms with Gasteiger partial charge in [0.15, 0.2) is 0 Å². The van der Waals surface area contributed by atoms with Gasteiger partial charge >= 0.3 is 6.03 Å². The quantitative estimate of drug-likeness (QED) is 0.946. The maximum Gasteiger partial charge on any atom is 0.318 e. The summed E-state index contributed by atoms with van der Waals surface area (Å²) in [6.07, 6.45) is 2.92. The van der Waals surface area contributed by atoms with Crippen molar-refractivity contribution in [3.05, 3.63) is 36.2 Å². The molecule has 0 bridgehead atoms. The molecule has 0 spiro atoms. The molecule has 6 heteroatoms. The van der Waals surface area contributed by atoms with Crippen LogP contribution in [-0.2, 0) is 0 Å². The summed E-state index contributed by atoms with van der Waals surface area (Å²) in [5, 5.41) is 6.91. The highest BCUT2D eigenvalue weighted by atomic mass is 16.5. The SMILES string of the molecule is CCNC(=O)N1CCCC[C@H]1c1nc(-c2ccccc2)no1. The Morgan fingerprint density at radius 1 is 1.36 bits per heavy atom. The lowest BCUT2D eigenvalue weighted by molar-refractivity contribution is 0.132. The van der Waals surface area contributed by atoms with Gasteiger partial charge in [0, 0.05) is 18.7 Å². The third kappa shape index (κ3) is 2.95. The van der Waals surface area contributed by atoms with Crippen LogP contribution in [0.15, 0.2) is 34.9 Å². The first-order valence-corrected chi connectivity index (χ1v) is 7.73. The van der Waals surface area contributed by atoms with Crippen molar-refractivity contribution >= 4 is 6.03 Å². The van der Waals surface area contributed by atoms with Gasteiger partial charge in [-0.1, -0.05) is 35.5 Å². The summed E-state index contributed by atoms with van der Waals surface area (Å²) in [7, 11) is 0.